The van der Waals surface area contributed by atoms with Gasteiger partial charge in [0.15, 0.2) is 0 Å². The highest BCUT2D eigenvalue weighted by Crippen LogP contribution is 2.20. The van der Waals surface area contributed by atoms with E-state index >= 15 is 0 Å². The fraction of sp³-hybridized carbons (Fsp3) is 0.133. The van der Waals surface area contributed by atoms with Crippen LogP contribution in [-0.2, 0) is 0 Å². The SMILES string of the molecule is Cc1cc(C(N)=O)c(NC(=O)c2ccccc2)c(C)n1. The van der Waals surface area contributed by atoms with E-state index in [1.807, 2.05) is 6.07 Å². The van der Waals surface area contributed by atoms with Crippen LogP contribution in [0.2, 0.25) is 0 Å². The van der Waals surface area contributed by atoms with Crippen molar-refractivity contribution < 1.29 is 9.59 Å². The largest absolute Gasteiger partial charge is 0.366 e. The number of aryl methyl sites for hydroxylation is 2. The zero-order valence-corrected chi connectivity index (χ0v) is 11.3. The van der Waals surface area contributed by atoms with E-state index in [0.29, 0.717) is 22.6 Å². The second kappa shape index (κ2) is 5.52. The quantitative estimate of drug-likeness (QED) is 0.894. The van der Waals surface area contributed by atoms with Gasteiger partial charge in [-0.1, -0.05) is 18.2 Å². The third-order valence-corrected chi connectivity index (χ3v) is 2.87. The molecule has 0 aliphatic rings. The molecule has 0 atom stereocenters. The summed E-state index contributed by atoms with van der Waals surface area (Å²) in [6.07, 6.45) is 0. The Balaban J connectivity index is 2.39. The highest BCUT2D eigenvalue weighted by molar-refractivity contribution is 6.09. The van der Waals surface area contributed by atoms with Crippen LogP contribution in [0.4, 0.5) is 5.69 Å². The highest BCUT2D eigenvalue weighted by atomic mass is 16.2. The van der Waals surface area contributed by atoms with Crippen molar-refractivity contribution in [2.45, 2.75) is 13.8 Å². The number of carbonyl (C=O) groups excluding carboxylic acids is 2. The topological polar surface area (TPSA) is 85.1 Å². The van der Waals surface area contributed by atoms with E-state index in [-0.39, 0.29) is 11.5 Å². The van der Waals surface area contributed by atoms with Gasteiger partial charge in [0.05, 0.1) is 16.9 Å². The summed E-state index contributed by atoms with van der Waals surface area (Å²) in [6.45, 7) is 3.49. The first-order valence-electron chi connectivity index (χ1n) is 6.13. The van der Waals surface area contributed by atoms with E-state index in [2.05, 4.69) is 10.3 Å². The molecule has 0 spiro atoms. The summed E-state index contributed by atoms with van der Waals surface area (Å²) in [4.78, 5) is 27.9. The molecule has 0 aliphatic carbocycles. The maximum absolute atomic E-state index is 12.1. The van der Waals surface area contributed by atoms with Crippen LogP contribution in [0.1, 0.15) is 32.1 Å². The number of nitrogens with zero attached hydrogens (tertiary/aromatic N) is 1. The van der Waals surface area contributed by atoms with Crippen LogP contribution in [0, 0.1) is 13.8 Å². The molecule has 20 heavy (non-hydrogen) atoms. The van der Waals surface area contributed by atoms with Gasteiger partial charge in [-0.2, -0.15) is 0 Å². The molecule has 1 aromatic heterocycles. The summed E-state index contributed by atoms with van der Waals surface area (Å²) >= 11 is 0. The first-order valence-corrected chi connectivity index (χ1v) is 6.13. The second-order valence-electron chi connectivity index (χ2n) is 4.46. The molecule has 102 valence electrons. The Morgan fingerprint density at radius 2 is 1.80 bits per heavy atom. The van der Waals surface area contributed by atoms with Crippen LogP contribution in [0.15, 0.2) is 36.4 Å². The van der Waals surface area contributed by atoms with E-state index in [0.717, 1.165) is 0 Å². The van der Waals surface area contributed by atoms with Crippen molar-refractivity contribution in [3.63, 3.8) is 0 Å². The van der Waals surface area contributed by atoms with E-state index in [1.54, 1.807) is 44.2 Å². The summed E-state index contributed by atoms with van der Waals surface area (Å²) in [5.74, 6) is -0.899. The van der Waals surface area contributed by atoms with Gasteiger partial charge in [0.1, 0.15) is 0 Å². The molecule has 2 rings (SSSR count). The zero-order valence-electron chi connectivity index (χ0n) is 11.3. The lowest BCUT2D eigenvalue weighted by atomic mass is 10.1. The minimum Gasteiger partial charge on any atom is -0.366 e. The first kappa shape index (κ1) is 13.7. The van der Waals surface area contributed by atoms with Gasteiger partial charge in [0.2, 0.25) is 0 Å². The fourth-order valence-electron chi connectivity index (χ4n) is 1.96. The Morgan fingerprint density at radius 3 is 2.40 bits per heavy atom. The van der Waals surface area contributed by atoms with Crippen molar-refractivity contribution in [2.75, 3.05) is 5.32 Å². The molecule has 3 N–H and O–H groups in total. The number of nitrogens with two attached hydrogens (primary N) is 1. The summed E-state index contributed by atoms with van der Waals surface area (Å²) in [5, 5.41) is 2.70. The Morgan fingerprint density at radius 1 is 1.15 bits per heavy atom. The average Bonchev–Trinajstić information content (AvgIpc) is 2.42. The molecule has 0 fully saturated rings. The van der Waals surface area contributed by atoms with Crippen molar-refractivity contribution in [1.29, 1.82) is 0 Å². The molecule has 0 unspecified atom stereocenters. The van der Waals surface area contributed by atoms with Crippen LogP contribution >= 0.6 is 0 Å². The molecule has 2 aromatic rings. The minimum absolute atomic E-state index is 0.263. The molecule has 5 nitrogen and oxygen atoms in total. The maximum Gasteiger partial charge on any atom is 0.255 e. The number of rotatable bonds is 3. The van der Waals surface area contributed by atoms with Crippen molar-refractivity contribution in [3.05, 3.63) is 58.9 Å². The van der Waals surface area contributed by atoms with Crippen LogP contribution in [0.5, 0.6) is 0 Å². The van der Waals surface area contributed by atoms with E-state index in [9.17, 15) is 9.59 Å². The molecular weight excluding hydrogens is 254 g/mol. The number of nitrogens with one attached hydrogen (secondary N) is 1. The third-order valence-electron chi connectivity index (χ3n) is 2.87. The average molecular weight is 269 g/mol. The number of benzene rings is 1. The third kappa shape index (κ3) is 2.83. The molecule has 1 aromatic carbocycles. The Hall–Kier alpha value is -2.69. The monoisotopic (exact) mass is 269 g/mol. The van der Waals surface area contributed by atoms with Crippen molar-refractivity contribution in [1.82, 2.24) is 4.98 Å². The van der Waals surface area contributed by atoms with Gasteiger partial charge in [-0.15, -0.1) is 0 Å². The van der Waals surface area contributed by atoms with Gasteiger partial charge in [0, 0.05) is 11.3 Å². The molecule has 0 bridgehead atoms. The molecular formula is C15H15N3O2. The Bertz CT molecular complexity index is 666. The standard InChI is InChI=1S/C15H15N3O2/c1-9-8-12(14(16)19)13(10(2)17-9)18-15(20)11-6-4-3-5-7-11/h3-8H,1-2H3,(H2,16,19)(H,18,20). The van der Waals surface area contributed by atoms with Gasteiger partial charge in [0.25, 0.3) is 11.8 Å². The number of anilines is 1. The van der Waals surface area contributed by atoms with E-state index in [1.165, 1.54) is 0 Å². The van der Waals surface area contributed by atoms with Gasteiger partial charge < -0.3 is 11.1 Å². The smallest absolute Gasteiger partial charge is 0.255 e. The first-order chi connectivity index (χ1) is 9.49. The molecule has 0 radical (unpaired) electrons. The number of hydrogen-bond donors (Lipinski definition) is 2. The van der Waals surface area contributed by atoms with E-state index in [4.69, 9.17) is 5.73 Å². The molecule has 0 aliphatic heterocycles. The van der Waals surface area contributed by atoms with Gasteiger partial charge in [-0.05, 0) is 32.0 Å². The minimum atomic E-state index is -0.595. The molecule has 2 amide bonds. The zero-order chi connectivity index (χ0) is 14.7. The number of amides is 2. The summed E-state index contributed by atoms with van der Waals surface area (Å²) in [5.41, 5.74) is 7.71. The van der Waals surface area contributed by atoms with Crippen LogP contribution in [-0.4, -0.2) is 16.8 Å². The molecule has 1 heterocycles. The predicted molar refractivity (Wildman–Crippen MR) is 76.6 cm³/mol. The van der Waals surface area contributed by atoms with Crippen molar-refractivity contribution in [2.24, 2.45) is 5.73 Å². The lowest BCUT2D eigenvalue weighted by Crippen LogP contribution is -2.20. The van der Waals surface area contributed by atoms with Crippen molar-refractivity contribution in [3.8, 4) is 0 Å². The van der Waals surface area contributed by atoms with E-state index < -0.39 is 5.91 Å². The second-order valence-corrected chi connectivity index (χ2v) is 4.46. The normalized spacial score (nSPS) is 10.1. The van der Waals surface area contributed by atoms with Crippen LogP contribution in [0.25, 0.3) is 0 Å². The lowest BCUT2D eigenvalue weighted by molar-refractivity contribution is 0.100. The number of carbonyl (C=O) groups is 2. The van der Waals surface area contributed by atoms with Crippen LogP contribution in [0.3, 0.4) is 0 Å². The molecule has 0 saturated carbocycles. The highest BCUT2D eigenvalue weighted by Gasteiger charge is 2.16. The summed E-state index contributed by atoms with van der Waals surface area (Å²) in [6, 6.07) is 10.3. The van der Waals surface area contributed by atoms with Gasteiger partial charge >= 0.3 is 0 Å². The Kier molecular flexibility index (Phi) is 3.79. The molecule has 0 saturated heterocycles. The number of aromatic nitrogens is 1. The Labute approximate surface area is 116 Å². The molecule has 5 heteroatoms. The van der Waals surface area contributed by atoms with Gasteiger partial charge in [-0.25, -0.2) is 0 Å². The summed E-state index contributed by atoms with van der Waals surface area (Å²) in [7, 11) is 0. The predicted octanol–water partition coefficient (Wildman–Crippen LogP) is 2.05. The fourth-order valence-corrected chi connectivity index (χ4v) is 1.96. The lowest BCUT2D eigenvalue weighted by Gasteiger charge is -2.12. The number of primary amides is 1. The summed E-state index contributed by atoms with van der Waals surface area (Å²) < 4.78 is 0. The number of hydrogen-bond acceptors (Lipinski definition) is 3. The maximum atomic E-state index is 12.1. The number of pyridine rings is 1. The van der Waals surface area contributed by atoms with Crippen molar-refractivity contribution >= 4 is 17.5 Å². The van der Waals surface area contributed by atoms with Gasteiger partial charge in [-0.3, -0.25) is 14.6 Å². The van der Waals surface area contributed by atoms with Crippen LogP contribution < -0.4 is 11.1 Å².